The lowest BCUT2D eigenvalue weighted by molar-refractivity contribution is 0.106. The van der Waals surface area contributed by atoms with Gasteiger partial charge in [0.25, 0.3) is 0 Å². The minimum Gasteiger partial charge on any atom is -0.297 e. The maximum Gasteiger partial charge on any atom is 0.246 e. The van der Waals surface area contributed by atoms with E-state index in [9.17, 15) is 8.42 Å². The van der Waals surface area contributed by atoms with Gasteiger partial charge in [-0.3, -0.25) is 9.58 Å². The molecule has 0 amide bonds. The molecule has 0 aliphatic carbocycles. The van der Waals surface area contributed by atoms with Crippen molar-refractivity contribution in [1.82, 2.24) is 19.0 Å². The molecule has 124 valence electrons. The van der Waals surface area contributed by atoms with Crippen LogP contribution in [-0.4, -0.2) is 59.1 Å². The third-order valence-corrected chi connectivity index (χ3v) is 6.80. The second kappa shape index (κ2) is 5.94. The molecule has 7 heteroatoms. The van der Waals surface area contributed by atoms with Gasteiger partial charge in [-0.1, -0.05) is 6.92 Å². The Hall–Kier alpha value is -0.920. The summed E-state index contributed by atoms with van der Waals surface area (Å²) in [6, 6.07) is 0.622. The van der Waals surface area contributed by atoms with Gasteiger partial charge in [-0.2, -0.15) is 9.40 Å². The highest BCUT2D eigenvalue weighted by molar-refractivity contribution is 7.89. The van der Waals surface area contributed by atoms with Gasteiger partial charge in [0.05, 0.1) is 6.20 Å². The highest BCUT2D eigenvalue weighted by Crippen LogP contribution is 2.30. The molecule has 2 aliphatic rings. The van der Waals surface area contributed by atoms with Gasteiger partial charge in [0, 0.05) is 37.4 Å². The molecular formula is C15H26N4O2S. The zero-order valence-corrected chi connectivity index (χ0v) is 14.5. The molecule has 2 atom stereocenters. The average Bonchev–Trinajstić information content (AvgIpc) is 3.14. The van der Waals surface area contributed by atoms with Gasteiger partial charge >= 0.3 is 0 Å². The Kier molecular flexibility index (Phi) is 4.31. The van der Waals surface area contributed by atoms with Gasteiger partial charge in [0.2, 0.25) is 10.0 Å². The Morgan fingerprint density at radius 1 is 1.36 bits per heavy atom. The van der Waals surface area contributed by atoms with E-state index in [0.717, 1.165) is 25.9 Å². The Balaban J connectivity index is 1.88. The number of hydrogen-bond donors (Lipinski definition) is 0. The van der Waals surface area contributed by atoms with Crippen molar-refractivity contribution >= 4 is 10.0 Å². The van der Waals surface area contributed by atoms with Crippen LogP contribution in [-0.2, 0) is 10.0 Å². The van der Waals surface area contributed by atoms with Crippen LogP contribution in [0.4, 0.5) is 0 Å². The first-order valence-electron chi connectivity index (χ1n) is 8.23. The van der Waals surface area contributed by atoms with Gasteiger partial charge in [-0.05, 0) is 39.7 Å². The summed E-state index contributed by atoms with van der Waals surface area (Å²) in [4.78, 5) is 2.78. The van der Waals surface area contributed by atoms with Crippen molar-refractivity contribution in [2.75, 3.05) is 19.6 Å². The van der Waals surface area contributed by atoms with E-state index in [1.54, 1.807) is 15.2 Å². The summed E-state index contributed by atoms with van der Waals surface area (Å²) in [6.07, 6.45) is 6.28. The van der Waals surface area contributed by atoms with Gasteiger partial charge in [-0.25, -0.2) is 8.42 Å². The second-order valence-corrected chi connectivity index (χ2v) is 8.57. The number of hydrogen-bond acceptors (Lipinski definition) is 4. The van der Waals surface area contributed by atoms with E-state index in [-0.39, 0.29) is 12.1 Å². The molecule has 0 N–H and O–H groups in total. The van der Waals surface area contributed by atoms with Crippen molar-refractivity contribution in [3.63, 3.8) is 0 Å². The number of rotatable bonds is 4. The van der Waals surface area contributed by atoms with E-state index in [2.05, 4.69) is 16.9 Å². The van der Waals surface area contributed by atoms with Crippen LogP contribution in [0.1, 0.15) is 46.1 Å². The Morgan fingerprint density at radius 3 is 2.77 bits per heavy atom. The Bertz CT molecular complexity index is 625. The molecule has 0 aromatic carbocycles. The van der Waals surface area contributed by atoms with Gasteiger partial charge in [-0.15, -0.1) is 0 Å². The molecule has 2 aliphatic heterocycles. The maximum absolute atomic E-state index is 13.0. The second-order valence-electron chi connectivity index (χ2n) is 6.68. The first-order valence-corrected chi connectivity index (χ1v) is 9.67. The molecule has 1 aromatic heterocycles. The third-order valence-electron chi connectivity index (χ3n) is 4.93. The molecule has 0 bridgehead atoms. The molecule has 1 aromatic rings. The van der Waals surface area contributed by atoms with Crippen LogP contribution in [0.5, 0.6) is 0 Å². The van der Waals surface area contributed by atoms with E-state index in [0.29, 0.717) is 17.5 Å². The van der Waals surface area contributed by atoms with Crippen LogP contribution in [0.15, 0.2) is 17.3 Å². The van der Waals surface area contributed by atoms with Crippen LogP contribution in [0.25, 0.3) is 0 Å². The van der Waals surface area contributed by atoms with E-state index in [1.165, 1.54) is 12.6 Å². The first kappa shape index (κ1) is 16.0. The lowest BCUT2D eigenvalue weighted by atomic mass is 10.1. The number of sulfonamides is 1. The Labute approximate surface area is 133 Å². The molecule has 0 spiro atoms. The fourth-order valence-corrected chi connectivity index (χ4v) is 5.23. The monoisotopic (exact) mass is 326 g/mol. The SMILES string of the molecule is CC[C@@H]1CN2CCC[C@H]2CN1S(=O)(=O)c1cnn(C(C)C)c1. The van der Waals surface area contributed by atoms with Gasteiger partial charge in [0.1, 0.15) is 4.90 Å². The van der Waals surface area contributed by atoms with Crippen LogP contribution in [0.3, 0.4) is 0 Å². The van der Waals surface area contributed by atoms with E-state index in [1.807, 2.05) is 13.8 Å². The summed E-state index contributed by atoms with van der Waals surface area (Å²) < 4.78 is 29.5. The molecule has 22 heavy (non-hydrogen) atoms. The van der Waals surface area contributed by atoms with E-state index >= 15 is 0 Å². The van der Waals surface area contributed by atoms with Crippen molar-refractivity contribution in [3.8, 4) is 0 Å². The number of fused-ring (bicyclic) bond motifs is 1. The van der Waals surface area contributed by atoms with Gasteiger partial charge < -0.3 is 0 Å². The van der Waals surface area contributed by atoms with Crippen molar-refractivity contribution in [2.45, 2.75) is 63.1 Å². The molecule has 6 nitrogen and oxygen atoms in total. The minimum absolute atomic E-state index is 0.0711. The summed E-state index contributed by atoms with van der Waals surface area (Å²) in [5.74, 6) is 0. The summed E-state index contributed by atoms with van der Waals surface area (Å²) in [6.45, 7) is 8.65. The Morgan fingerprint density at radius 2 is 2.14 bits per heavy atom. The van der Waals surface area contributed by atoms with Crippen LogP contribution < -0.4 is 0 Å². The molecule has 0 radical (unpaired) electrons. The summed E-state index contributed by atoms with van der Waals surface area (Å²) in [7, 11) is -3.45. The summed E-state index contributed by atoms with van der Waals surface area (Å²) in [5.41, 5.74) is 0. The third kappa shape index (κ3) is 2.70. The lowest BCUT2D eigenvalue weighted by Crippen LogP contribution is -2.57. The van der Waals surface area contributed by atoms with Gasteiger partial charge in [0.15, 0.2) is 0 Å². The molecule has 3 rings (SSSR count). The van der Waals surface area contributed by atoms with Crippen molar-refractivity contribution in [2.24, 2.45) is 0 Å². The molecule has 3 heterocycles. The first-order chi connectivity index (χ1) is 10.4. The number of piperazine rings is 1. The van der Waals surface area contributed by atoms with E-state index in [4.69, 9.17) is 0 Å². The number of aromatic nitrogens is 2. The molecule has 2 saturated heterocycles. The van der Waals surface area contributed by atoms with E-state index < -0.39 is 10.0 Å². The van der Waals surface area contributed by atoms with Crippen molar-refractivity contribution in [3.05, 3.63) is 12.4 Å². The summed E-state index contributed by atoms with van der Waals surface area (Å²) in [5, 5.41) is 4.19. The molecule has 2 fully saturated rings. The maximum atomic E-state index is 13.0. The highest BCUT2D eigenvalue weighted by atomic mass is 32.2. The zero-order valence-electron chi connectivity index (χ0n) is 13.6. The lowest BCUT2D eigenvalue weighted by Gasteiger charge is -2.42. The smallest absolute Gasteiger partial charge is 0.246 e. The predicted molar refractivity (Wildman–Crippen MR) is 85.2 cm³/mol. The van der Waals surface area contributed by atoms with Crippen LogP contribution in [0, 0.1) is 0 Å². The standard InChI is InChI=1S/C15H26N4O2S/c1-4-13-9-17-7-5-6-14(17)10-19(13)22(20,21)15-8-16-18(11-15)12(2)3/h8,11-14H,4-7,9-10H2,1-3H3/t13-,14+/m1/s1. The topological polar surface area (TPSA) is 58.4 Å². The van der Waals surface area contributed by atoms with Crippen molar-refractivity contribution in [1.29, 1.82) is 0 Å². The zero-order chi connectivity index (χ0) is 15.9. The fraction of sp³-hybridized carbons (Fsp3) is 0.800. The van der Waals surface area contributed by atoms with Crippen LogP contribution in [0.2, 0.25) is 0 Å². The quantitative estimate of drug-likeness (QED) is 0.845. The average molecular weight is 326 g/mol. The number of nitrogens with zero attached hydrogens (tertiary/aromatic N) is 4. The minimum atomic E-state index is -3.45. The van der Waals surface area contributed by atoms with Crippen molar-refractivity contribution < 1.29 is 8.42 Å². The molecule has 0 saturated carbocycles. The largest absolute Gasteiger partial charge is 0.297 e. The molecular weight excluding hydrogens is 300 g/mol. The fourth-order valence-electron chi connectivity index (χ4n) is 3.56. The summed E-state index contributed by atoms with van der Waals surface area (Å²) >= 11 is 0. The molecule has 0 unspecified atom stereocenters. The highest BCUT2D eigenvalue weighted by Gasteiger charge is 2.41. The predicted octanol–water partition coefficient (Wildman–Crippen LogP) is 1.71. The normalized spacial score (nSPS) is 27.5. The van der Waals surface area contributed by atoms with Crippen LogP contribution >= 0.6 is 0 Å².